The third kappa shape index (κ3) is 5.80. The lowest BCUT2D eigenvalue weighted by atomic mass is 10.1. The van der Waals surface area contributed by atoms with Crippen LogP contribution in [0.1, 0.15) is 17.4 Å². The maximum absolute atomic E-state index is 15.1. The zero-order valence-electron chi connectivity index (χ0n) is 21.8. The van der Waals surface area contributed by atoms with Gasteiger partial charge >= 0.3 is 12.2 Å². The minimum absolute atomic E-state index is 0.0636. The fourth-order valence-electron chi connectivity index (χ4n) is 4.75. The van der Waals surface area contributed by atoms with Gasteiger partial charge in [0.2, 0.25) is 11.7 Å². The Hall–Kier alpha value is -5.02. The Morgan fingerprint density at radius 1 is 1.17 bits per heavy atom. The van der Waals surface area contributed by atoms with Crippen LogP contribution >= 0.6 is 0 Å². The van der Waals surface area contributed by atoms with Crippen LogP contribution in [0.4, 0.5) is 29.7 Å². The number of halogens is 2. The van der Waals surface area contributed by atoms with Crippen LogP contribution in [0.2, 0.25) is 0 Å². The SMILES string of the molecule is C[C@H](NC(=O)c1cn2cccnc2n1)C(=O)N1CCN(c2c(F)cc(N3C[C@H](CNC(=O)O)OC3=O)cc2F)CC1. The summed E-state index contributed by atoms with van der Waals surface area (Å²) in [5, 5.41) is 13.4. The molecule has 0 radical (unpaired) electrons. The number of imidazole rings is 1. The molecule has 41 heavy (non-hydrogen) atoms. The number of cyclic esters (lactones) is 1. The lowest BCUT2D eigenvalue weighted by Gasteiger charge is -2.37. The number of nitrogens with one attached hydrogen (secondary N) is 2. The number of carbonyl (C=O) groups excluding carboxylic acids is 3. The Kier molecular flexibility index (Phi) is 7.54. The van der Waals surface area contributed by atoms with Gasteiger partial charge in [-0.1, -0.05) is 0 Å². The Balaban J connectivity index is 1.17. The molecule has 2 aliphatic rings. The summed E-state index contributed by atoms with van der Waals surface area (Å²) >= 11 is 0. The highest BCUT2D eigenvalue weighted by molar-refractivity contribution is 5.96. The Morgan fingerprint density at radius 2 is 1.88 bits per heavy atom. The van der Waals surface area contributed by atoms with Gasteiger partial charge in [-0.15, -0.1) is 0 Å². The number of benzene rings is 1. The van der Waals surface area contributed by atoms with Gasteiger partial charge in [0.05, 0.1) is 18.8 Å². The van der Waals surface area contributed by atoms with Crippen molar-refractivity contribution in [2.45, 2.75) is 19.1 Å². The summed E-state index contributed by atoms with van der Waals surface area (Å²) in [6.45, 7) is 1.89. The molecule has 5 rings (SSSR count). The number of nitrogens with zero attached hydrogens (tertiary/aromatic N) is 6. The molecule has 0 aliphatic carbocycles. The minimum atomic E-state index is -1.29. The molecule has 1 aromatic carbocycles. The molecule has 3 aromatic rings. The normalized spacial score (nSPS) is 17.9. The highest BCUT2D eigenvalue weighted by Crippen LogP contribution is 2.31. The summed E-state index contributed by atoms with van der Waals surface area (Å²) in [5.74, 6) is -2.34. The molecule has 2 saturated heterocycles. The van der Waals surface area contributed by atoms with Gasteiger partial charge in [-0.05, 0) is 13.0 Å². The van der Waals surface area contributed by atoms with Crippen molar-refractivity contribution >= 4 is 41.2 Å². The number of amides is 4. The maximum atomic E-state index is 15.1. The van der Waals surface area contributed by atoms with Crippen LogP contribution in [-0.4, -0.2) is 99.8 Å². The van der Waals surface area contributed by atoms with Gasteiger partial charge < -0.3 is 30.3 Å². The summed E-state index contributed by atoms with van der Waals surface area (Å²) in [5.41, 5.74) is -0.247. The number of carbonyl (C=O) groups is 4. The first kappa shape index (κ1) is 27.5. The average Bonchev–Trinajstić information content (AvgIpc) is 3.55. The third-order valence-electron chi connectivity index (χ3n) is 6.76. The second kappa shape index (κ2) is 11.2. The Labute approximate surface area is 231 Å². The van der Waals surface area contributed by atoms with E-state index in [1.165, 1.54) is 16.0 Å². The van der Waals surface area contributed by atoms with Gasteiger partial charge in [0.1, 0.15) is 23.5 Å². The minimum Gasteiger partial charge on any atom is -0.465 e. The van der Waals surface area contributed by atoms with Gasteiger partial charge in [-0.25, -0.2) is 28.3 Å². The molecule has 14 nitrogen and oxygen atoms in total. The van der Waals surface area contributed by atoms with Gasteiger partial charge in [0.25, 0.3) is 5.91 Å². The van der Waals surface area contributed by atoms with Crippen molar-refractivity contribution in [2.24, 2.45) is 0 Å². The van der Waals surface area contributed by atoms with E-state index in [0.29, 0.717) is 5.78 Å². The second-order valence-corrected chi connectivity index (χ2v) is 9.52. The topological polar surface area (TPSA) is 162 Å². The van der Waals surface area contributed by atoms with E-state index < -0.39 is 41.9 Å². The average molecular weight is 573 g/mol. The van der Waals surface area contributed by atoms with Crippen LogP contribution in [0.25, 0.3) is 5.78 Å². The Morgan fingerprint density at radius 3 is 2.54 bits per heavy atom. The van der Waals surface area contributed by atoms with E-state index in [9.17, 15) is 19.2 Å². The third-order valence-corrected chi connectivity index (χ3v) is 6.76. The molecule has 4 amide bonds. The standard InChI is InChI=1S/C25H26F2N8O6/c1-14(30-21(36)19-13-34-4-2-3-28-23(34)31-19)22(37)33-7-5-32(6-8-33)20-17(26)9-15(10-18(20)27)35-12-16(41-25(35)40)11-29-24(38)39/h2-4,9-10,13-14,16,29H,5-8,11-12H2,1H3,(H,30,36)(H,38,39)/t14-,16-/m0/s1. The zero-order chi connectivity index (χ0) is 29.3. The molecular weight excluding hydrogens is 546 g/mol. The lowest BCUT2D eigenvalue weighted by molar-refractivity contribution is -0.133. The smallest absolute Gasteiger partial charge is 0.414 e. The highest BCUT2D eigenvalue weighted by Gasteiger charge is 2.34. The van der Waals surface area contributed by atoms with Crippen molar-refractivity contribution in [3.05, 3.63) is 54.1 Å². The van der Waals surface area contributed by atoms with E-state index >= 15 is 8.78 Å². The van der Waals surface area contributed by atoms with Crippen LogP contribution in [0.15, 0.2) is 36.8 Å². The number of fused-ring (bicyclic) bond motifs is 1. The van der Waals surface area contributed by atoms with Crippen molar-refractivity contribution in [2.75, 3.05) is 49.1 Å². The van der Waals surface area contributed by atoms with Gasteiger partial charge in [-0.2, -0.15) is 0 Å². The molecule has 0 bridgehead atoms. The first-order valence-electron chi connectivity index (χ1n) is 12.7. The van der Waals surface area contributed by atoms with Crippen molar-refractivity contribution in [3.63, 3.8) is 0 Å². The quantitative estimate of drug-likeness (QED) is 0.376. The number of rotatable bonds is 7. The van der Waals surface area contributed by atoms with Crippen molar-refractivity contribution in [3.8, 4) is 0 Å². The van der Waals surface area contributed by atoms with Gasteiger partial charge in [0.15, 0.2) is 11.6 Å². The number of aromatic nitrogens is 3. The van der Waals surface area contributed by atoms with E-state index in [0.717, 1.165) is 17.0 Å². The van der Waals surface area contributed by atoms with Crippen molar-refractivity contribution in [1.29, 1.82) is 0 Å². The molecule has 216 valence electrons. The van der Waals surface area contributed by atoms with Crippen molar-refractivity contribution < 1.29 is 37.8 Å². The molecule has 2 aliphatic heterocycles. The summed E-state index contributed by atoms with van der Waals surface area (Å²) in [7, 11) is 0. The Bertz CT molecular complexity index is 1450. The van der Waals surface area contributed by atoms with E-state index in [-0.39, 0.29) is 62.2 Å². The summed E-state index contributed by atoms with van der Waals surface area (Å²) in [6.07, 6.45) is 1.80. The second-order valence-electron chi connectivity index (χ2n) is 9.52. The van der Waals surface area contributed by atoms with Gasteiger partial charge in [-0.3, -0.25) is 18.9 Å². The van der Waals surface area contributed by atoms with Crippen LogP contribution in [-0.2, 0) is 9.53 Å². The molecule has 0 spiro atoms. The molecular formula is C25H26F2N8O6. The van der Waals surface area contributed by atoms with E-state index in [1.807, 2.05) is 0 Å². The fourth-order valence-corrected chi connectivity index (χ4v) is 4.75. The first-order chi connectivity index (χ1) is 19.6. The van der Waals surface area contributed by atoms with Crippen molar-refractivity contribution in [1.82, 2.24) is 29.9 Å². The van der Waals surface area contributed by atoms with Crippen LogP contribution in [0, 0.1) is 11.6 Å². The molecule has 2 fully saturated rings. The molecule has 3 N–H and O–H groups in total. The van der Waals surface area contributed by atoms with Gasteiger partial charge in [0, 0.05) is 56.9 Å². The molecule has 4 heterocycles. The molecule has 0 saturated carbocycles. The monoisotopic (exact) mass is 572 g/mol. The first-order valence-corrected chi connectivity index (χ1v) is 12.7. The molecule has 2 aromatic heterocycles. The number of carboxylic acid groups (broad SMARTS) is 1. The lowest BCUT2D eigenvalue weighted by Crippen LogP contribution is -2.54. The van der Waals surface area contributed by atoms with Crippen LogP contribution in [0.3, 0.4) is 0 Å². The van der Waals surface area contributed by atoms with E-state index in [2.05, 4.69) is 20.6 Å². The summed E-state index contributed by atoms with van der Waals surface area (Å²) in [6, 6.07) is 2.85. The molecule has 16 heteroatoms. The predicted octanol–water partition coefficient (Wildman–Crippen LogP) is 1.07. The van der Waals surface area contributed by atoms with E-state index in [4.69, 9.17) is 9.84 Å². The highest BCUT2D eigenvalue weighted by atomic mass is 19.1. The molecule has 2 atom stereocenters. The zero-order valence-corrected chi connectivity index (χ0v) is 21.8. The largest absolute Gasteiger partial charge is 0.465 e. The fraction of sp³-hybridized carbons (Fsp3) is 0.360. The molecule has 0 unspecified atom stereocenters. The summed E-state index contributed by atoms with van der Waals surface area (Å²) < 4.78 is 36.8. The van der Waals surface area contributed by atoms with Crippen LogP contribution < -0.4 is 20.4 Å². The predicted molar refractivity (Wildman–Crippen MR) is 139 cm³/mol. The number of ether oxygens (including phenoxy) is 1. The summed E-state index contributed by atoms with van der Waals surface area (Å²) in [4.78, 5) is 60.6. The number of anilines is 2. The van der Waals surface area contributed by atoms with E-state index in [1.54, 1.807) is 29.8 Å². The number of hydrogen-bond donors (Lipinski definition) is 3. The maximum Gasteiger partial charge on any atom is 0.414 e. The van der Waals surface area contributed by atoms with Crippen LogP contribution in [0.5, 0.6) is 0 Å². The number of hydrogen-bond acceptors (Lipinski definition) is 8. The number of piperazine rings is 1.